The molecule has 1 heterocycles. The van der Waals surface area contributed by atoms with E-state index in [1.165, 1.54) is 6.08 Å². The summed E-state index contributed by atoms with van der Waals surface area (Å²) in [5.74, 6) is 1.76. The summed E-state index contributed by atoms with van der Waals surface area (Å²) in [7, 11) is 1.62. The molecule has 0 saturated carbocycles. The molecule has 15 heavy (non-hydrogen) atoms. The van der Waals surface area contributed by atoms with Crippen molar-refractivity contribution in [3.8, 4) is 17.1 Å². The molecule has 0 unspecified atom stereocenters. The molecular weight excluding hydrogens is 192 g/mol. The third-order valence-electron chi connectivity index (χ3n) is 1.96. The Balaban J connectivity index is 2.32. The van der Waals surface area contributed by atoms with Crippen LogP contribution < -0.4 is 4.74 Å². The topological polar surface area (TPSA) is 48.2 Å². The molecule has 0 aliphatic heterocycles. The van der Waals surface area contributed by atoms with Crippen LogP contribution in [0.4, 0.5) is 0 Å². The van der Waals surface area contributed by atoms with Gasteiger partial charge in [0.15, 0.2) is 0 Å². The minimum atomic E-state index is 0.417. The second-order valence-electron chi connectivity index (χ2n) is 2.89. The molecule has 2 rings (SSSR count). The van der Waals surface area contributed by atoms with Gasteiger partial charge in [-0.3, -0.25) is 0 Å². The first-order chi connectivity index (χ1) is 7.33. The third-order valence-corrected chi connectivity index (χ3v) is 1.96. The molecule has 0 aliphatic rings. The molecule has 0 fully saturated rings. The first-order valence-electron chi connectivity index (χ1n) is 4.44. The maximum absolute atomic E-state index is 5.05. The molecule has 0 amide bonds. The fraction of sp³-hybridized carbons (Fsp3) is 0.0909. The first-order valence-corrected chi connectivity index (χ1v) is 4.44. The van der Waals surface area contributed by atoms with Crippen molar-refractivity contribution < 1.29 is 9.26 Å². The molecule has 1 aromatic carbocycles. The average molecular weight is 202 g/mol. The maximum Gasteiger partial charge on any atom is 0.250 e. The number of benzene rings is 1. The molecule has 1 aromatic heterocycles. The normalized spacial score (nSPS) is 9.93. The molecule has 4 heteroatoms. The van der Waals surface area contributed by atoms with Gasteiger partial charge in [-0.2, -0.15) is 4.98 Å². The molecule has 0 radical (unpaired) electrons. The van der Waals surface area contributed by atoms with Crippen LogP contribution in [0.2, 0.25) is 0 Å². The zero-order valence-electron chi connectivity index (χ0n) is 8.30. The maximum atomic E-state index is 5.05. The van der Waals surface area contributed by atoms with Gasteiger partial charge in [-0.25, -0.2) is 0 Å². The highest BCUT2D eigenvalue weighted by molar-refractivity contribution is 5.56. The Morgan fingerprint density at radius 1 is 1.33 bits per heavy atom. The lowest BCUT2D eigenvalue weighted by atomic mass is 10.2. The van der Waals surface area contributed by atoms with Gasteiger partial charge in [-0.15, -0.1) is 0 Å². The summed E-state index contributed by atoms with van der Waals surface area (Å²) in [6.07, 6.45) is 1.51. The summed E-state index contributed by atoms with van der Waals surface area (Å²) < 4.78 is 9.97. The van der Waals surface area contributed by atoms with Crippen molar-refractivity contribution in [3.05, 3.63) is 36.7 Å². The Hall–Kier alpha value is -2.10. The summed E-state index contributed by atoms with van der Waals surface area (Å²) in [6, 6.07) is 7.44. The summed E-state index contributed by atoms with van der Waals surface area (Å²) in [6.45, 7) is 3.55. The highest BCUT2D eigenvalue weighted by Gasteiger charge is 2.05. The Bertz CT molecular complexity index is 460. The van der Waals surface area contributed by atoms with E-state index in [-0.39, 0.29) is 0 Å². The minimum Gasteiger partial charge on any atom is -0.497 e. The smallest absolute Gasteiger partial charge is 0.250 e. The molecule has 2 aromatic rings. The molecule has 0 N–H and O–H groups in total. The third kappa shape index (κ3) is 1.88. The minimum absolute atomic E-state index is 0.417. The van der Waals surface area contributed by atoms with E-state index in [0.717, 1.165) is 11.3 Å². The van der Waals surface area contributed by atoms with Gasteiger partial charge in [-0.1, -0.05) is 11.7 Å². The van der Waals surface area contributed by atoms with Gasteiger partial charge < -0.3 is 9.26 Å². The zero-order valence-corrected chi connectivity index (χ0v) is 8.30. The van der Waals surface area contributed by atoms with Crippen LogP contribution in [-0.4, -0.2) is 17.3 Å². The van der Waals surface area contributed by atoms with Crippen LogP contribution in [-0.2, 0) is 0 Å². The van der Waals surface area contributed by atoms with Crippen molar-refractivity contribution in [2.45, 2.75) is 0 Å². The van der Waals surface area contributed by atoms with Crippen LogP contribution in [0.1, 0.15) is 5.89 Å². The zero-order chi connectivity index (χ0) is 10.7. The largest absolute Gasteiger partial charge is 0.497 e. The molecule has 0 spiro atoms. The number of nitrogens with zero attached hydrogens (tertiary/aromatic N) is 2. The van der Waals surface area contributed by atoms with Crippen molar-refractivity contribution in [2.75, 3.05) is 7.11 Å². The average Bonchev–Trinajstić information content (AvgIpc) is 2.78. The van der Waals surface area contributed by atoms with Crippen molar-refractivity contribution in [1.29, 1.82) is 0 Å². The standard InChI is InChI=1S/C11H10N2O2/c1-3-10-12-11(13-15-10)8-4-6-9(14-2)7-5-8/h3-7H,1H2,2H3. The summed E-state index contributed by atoms with van der Waals surface area (Å²) in [5.41, 5.74) is 0.882. The fourth-order valence-corrected chi connectivity index (χ4v) is 1.18. The monoisotopic (exact) mass is 202 g/mol. The predicted octanol–water partition coefficient (Wildman–Crippen LogP) is 2.39. The van der Waals surface area contributed by atoms with Gasteiger partial charge in [0.05, 0.1) is 7.11 Å². The molecule has 0 atom stereocenters. The lowest BCUT2D eigenvalue weighted by Crippen LogP contribution is -1.83. The summed E-state index contributed by atoms with van der Waals surface area (Å²) in [4.78, 5) is 4.12. The van der Waals surface area contributed by atoms with E-state index in [0.29, 0.717) is 11.7 Å². The van der Waals surface area contributed by atoms with Crippen LogP contribution in [0.15, 0.2) is 35.4 Å². The number of aromatic nitrogens is 2. The van der Waals surface area contributed by atoms with Crippen LogP contribution in [0.5, 0.6) is 5.75 Å². The Morgan fingerprint density at radius 2 is 2.07 bits per heavy atom. The Morgan fingerprint density at radius 3 is 2.60 bits per heavy atom. The molecular formula is C11H10N2O2. The second kappa shape index (κ2) is 3.96. The van der Waals surface area contributed by atoms with Crippen molar-refractivity contribution >= 4 is 6.08 Å². The highest BCUT2D eigenvalue weighted by Crippen LogP contribution is 2.19. The quantitative estimate of drug-likeness (QED) is 0.766. The predicted molar refractivity (Wildman–Crippen MR) is 56.4 cm³/mol. The number of hydrogen-bond acceptors (Lipinski definition) is 4. The van der Waals surface area contributed by atoms with Crippen LogP contribution in [0.25, 0.3) is 17.5 Å². The van der Waals surface area contributed by atoms with E-state index in [2.05, 4.69) is 16.7 Å². The molecule has 0 saturated heterocycles. The van der Waals surface area contributed by atoms with Crippen LogP contribution in [0.3, 0.4) is 0 Å². The SMILES string of the molecule is C=Cc1nc(-c2ccc(OC)cc2)no1. The van der Waals surface area contributed by atoms with Crippen molar-refractivity contribution in [3.63, 3.8) is 0 Å². The van der Waals surface area contributed by atoms with Crippen LogP contribution in [0, 0.1) is 0 Å². The van der Waals surface area contributed by atoms with Gasteiger partial charge in [0.25, 0.3) is 0 Å². The first kappa shape index (κ1) is 9.45. The molecule has 4 nitrogen and oxygen atoms in total. The molecule has 76 valence electrons. The molecule has 0 bridgehead atoms. The van der Waals surface area contributed by atoms with Crippen molar-refractivity contribution in [2.24, 2.45) is 0 Å². The van der Waals surface area contributed by atoms with E-state index in [1.54, 1.807) is 7.11 Å². The van der Waals surface area contributed by atoms with E-state index >= 15 is 0 Å². The fourth-order valence-electron chi connectivity index (χ4n) is 1.18. The number of rotatable bonds is 3. The molecule has 0 aliphatic carbocycles. The van der Waals surface area contributed by atoms with Gasteiger partial charge in [-0.05, 0) is 30.3 Å². The van der Waals surface area contributed by atoms with E-state index in [4.69, 9.17) is 9.26 Å². The van der Waals surface area contributed by atoms with Gasteiger partial charge in [0, 0.05) is 5.56 Å². The summed E-state index contributed by atoms with van der Waals surface area (Å²) >= 11 is 0. The Labute approximate surface area is 87.2 Å². The van der Waals surface area contributed by atoms with Gasteiger partial charge in [0.2, 0.25) is 11.7 Å². The highest BCUT2D eigenvalue weighted by atomic mass is 16.5. The van der Waals surface area contributed by atoms with Gasteiger partial charge >= 0.3 is 0 Å². The number of methoxy groups -OCH3 is 1. The van der Waals surface area contributed by atoms with E-state index in [9.17, 15) is 0 Å². The Kier molecular flexibility index (Phi) is 2.49. The lowest BCUT2D eigenvalue weighted by Gasteiger charge is -1.98. The van der Waals surface area contributed by atoms with E-state index in [1.807, 2.05) is 24.3 Å². The number of hydrogen-bond donors (Lipinski definition) is 0. The lowest BCUT2D eigenvalue weighted by molar-refractivity contribution is 0.411. The van der Waals surface area contributed by atoms with Crippen molar-refractivity contribution in [1.82, 2.24) is 10.1 Å². The van der Waals surface area contributed by atoms with E-state index < -0.39 is 0 Å². The van der Waals surface area contributed by atoms with Crippen LogP contribution >= 0.6 is 0 Å². The van der Waals surface area contributed by atoms with Gasteiger partial charge in [0.1, 0.15) is 5.75 Å². The number of ether oxygens (including phenoxy) is 1. The second-order valence-corrected chi connectivity index (χ2v) is 2.89. The summed E-state index contributed by atoms with van der Waals surface area (Å²) in [5, 5.41) is 3.81.